The Balaban J connectivity index is 3.06. The zero-order chi connectivity index (χ0) is 12.1. The van der Waals surface area contributed by atoms with Crippen molar-refractivity contribution in [1.29, 1.82) is 5.26 Å². The third-order valence-electron chi connectivity index (χ3n) is 2.26. The standard InChI is InChI=1S/C11H16N4O/c1-8(2)15(3-4-16)11-10(13)5-9(6-12)7-14-11/h5,7-8,16H,3-4,13H2,1-2H3. The van der Waals surface area contributed by atoms with E-state index in [1.807, 2.05) is 24.8 Å². The second-order valence-electron chi connectivity index (χ2n) is 3.76. The van der Waals surface area contributed by atoms with Gasteiger partial charge in [0.2, 0.25) is 0 Å². The minimum atomic E-state index is 0.0410. The van der Waals surface area contributed by atoms with E-state index in [-0.39, 0.29) is 12.6 Å². The summed E-state index contributed by atoms with van der Waals surface area (Å²) in [4.78, 5) is 6.06. The Morgan fingerprint density at radius 1 is 1.62 bits per heavy atom. The number of aromatic nitrogens is 1. The highest BCUT2D eigenvalue weighted by Gasteiger charge is 2.14. The summed E-state index contributed by atoms with van der Waals surface area (Å²) in [5.74, 6) is 0.614. The molecule has 1 rings (SSSR count). The first kappa shape index (κ1) is 12.3. The third kappa shape index (κ3) is 2.61. The van der Waals surface area contributed by atoms with E-state index in [9.17, 15) is 0 Å². The summed E-state index contributed by atoms with van der Waals surface area (Å²) < 4.78 is 0. The van der Waals surface area contributed by atoms with Crippen LogP contribution in [-0.2, 0) is 0 Å². The smallest absolute Gasteiger partial charge is 0.152 e. The Morgan fingerprint density at radius 3 is 2.75 bits per heavy atom. The van der Waals surface area contributed by atoms with Crippen LogP contribution < -0.4 is 10.6 Å². The van der Waals surface area contributed by atoms with E-state index in [2.05, 4.69) is 4.98 Å². The van der Waals surface area contributed by atoms with Crippen LogP contribution in [0.1, 0.15) is 19.4 Å². The predicted octanol–water partition coefficient (Wildman–Crippen LogP) is 0.743. The Bertz CT molecular complexity index is 397. The summed E-state index contributed by atoms with van der Waals surface area (Å²) in [6.07, 6.45) is 1.48. The van der Waals surface area contributed by atoms with Gasteiger partial charge in [0.05, 0.1) is 17.9 Å². The quantitative estimate of drug-likeness (QED) is 0.781. The molecule has 0 saturated heterocycles. The first-order valence-electron chi connectivity index (χ1n) is 5.13. The highest BCUT2D eigenvalue weighted by atomic mass is 16.3. The van der Waals surface area contributed by atoms with Crippen LogP contribution in [-0.4, -0.2) is 29.3 Å². The molecule has 1 heterocycles. The van der Waals surface area contributed by atoms with Gasteiger partial charge in [-0.15, -0.1) is 0 Å². The molecule has 5 nitrogen and oxygen atoms in total. The largest absolute Gasteiger partial charge is 0.396 e. The van der Waals surface area contributed by atoms with Gasteiger partial charge < -0.3 is 15.7 Å². The van der Waals surface area contributed by atoms with E-state index in [1.165, 1.54) is 6.20 Å². The number of pyridine rings is 1. The summed E-state index contributed by atoms with van der Waals surface area (Å²) in [6, 6.07) is 3.77. The summed E-state index contributed by atoms with van der Waals surface area (Å²) in [7, 11) is 0. The lowest BCUT2D eigenvalue weighted by Crippen LogP contribution is -2.34. The number of aliphatic hydroxyl groups excluding tert-OH is 1. The number of anilines is 2. The van der Waals surface area contributed by atoms with Crippen LogP contribution in [0.5, 0.6) is 0 Å². The molecule has 0 unspecified atom stereocenters. The van der Waals surface area contributed by atoms with Crippen LogP contribution in [0.15, 0.2) is 12.3 Å². The highest BCUT2D eigenvalue weighted by Crippen LogP contribution is 2.22. The fourth-order valence-electron chi connectivity index (χ4n) is 1.49. The zero-order valence-electron chi connectivity index (χ0n) is 9.51. The number of hydrogen-bond acceptors (Lipinski definition) is 5. The predicted molar refractivity (Wildman–Crippen MR) is 62.9 cm³/mol. The second kappa shape index (κ2) is 5.33. The zero-order valence-corrected chi connectivity index (χ0v) is 9.51. The van der Waals surface area contributed by atoms with Gasteiger partial charge in [-0.2, -0.15) is 5.26 Å². The lowest BCUT2D eigenvalue weighted by atomic mass is 10.2. The Morgan fingerprint density at radius 2 is 2.31 bits per heavy atom. The van der Waals surface area contributed by atoms with Gasteiger partial charge in [0.15, 0.2) is 5.82 Å². The maximum absolute atomic E-state index is 8.98. The Hall–Kier alpha value is -1.80. The third-order valence-corrected chi connectivity index (χ3v) is 2.26. The molecule has 1 aromatic heterocycles. The SMILES string of the molecule is CC(C)N(CCO)c1ncc(C#N)cc1N. The molecular formula is C11H16N4O. The average Bonchev–Trinajstić information content (AvgIpc) is 2.26. The minimum absolute atomic E-state index is 0.0410. The molecule has 0 aliphatic heterocycles. The number of nitrogens with zero attached hydrogens (tertiary/aromatic N) is 3. The van der Waals surface area contributed by atoms with E-state index < -0.39 is 0 Å². The summed E-state index contributed by atoms with van der Waals surface area (Å²) >= 11 is 0. The van der Waals surface area contributed by atoms with Crippen molar-refractivity contribution in [3.8, 4) is 6.07 Å². The van der Waals surface area contributed by atoms with Gasteiger partial charge in [0.25, 0.3) is 0 Å². The van der Waals surface area contributed by atoms with Crippen LogP contribution in [0.4, 0.5) is 11.5 Å². The van der Waals surface area contributed by atoms with Gasteiger partial charge >= 0.3 is 0 Å². The fraction of sp³-hybridized carbons (Fsp3) is 0.455. The molecule has 0 aliphatic carbocycles. The van der Waals surface area contributed by atoms with Crippen LogP contribution >= 0.6 is 0 Å². The second-order valence-corrected chi connectivity index (χ2v) is 3.76. The number of nitrogens with two attached hydrogens (primary N) is 1. The molecule has 0 spiro atoms. The molecular weight excluding hydrogens is 204 g/mol. The lowest BCUT2D eigenvalue weighted by molar-refractivity contribution is 0.298. The molecule has 0 radical (unpaired) electrons. The highest BCUT2D eigenvalue weighted by molar-refractivity contribution is 5.64. The normalized spacial score (nSPS) is 10.2. The fourth-order valence-corrected chi connectivity index (χ4v) is 1.49. The molecule has 5 heteroatoms. The number of aliphatic hydroxyl groups is 1. The molecule has 0 aromatic carbocycles. The molecule has 0 atom stereocenters. The van der Waals surface area contributed by atoms with E-state index in [1.54, 1.807) is 6.07 Å². The molecule has 86 valence electrons. The van der Waals surface area contributed by atoms with E-state index in [0.29, 0.717) is 23.6 Å². The van der Waals surface area contributed by atoms with Crippen molar-refractivity contribution < 1.29 is 5.11 Å². The minimum Gasteiger partial charge on any atom is -0.396 e. The molecule has 0 aliphatic rings. The Labute approximate surface area is 95.1 Å². The van der Waals surface area contributed by atoms with Gasteiger partial charge in [0, 0.05) is 18.8 Å². The van der Waals surface area contributed by atoms with Crippen LogP contribution in [0.3, 0.4) is 0 Å². The molecule has 16 heavy (non-hydrogen) atoms. The summed E-state index contributed by atoms with van der Waals surface area (Å²) in [6.45, 7) is 4.50. The van der Waals surface area contributed by atoms with Gasteiger partial charge in [-0.3, -0.25) is 0 Å². The van der Waals surface area contributed by atoms with Crippen molar-refractivity contribution in [2.45, 2.75) is 19.9 Å². The lowest BCUT2D eigenvalue weighted by Gasteiger charge is -2.28. The number of nitrogen functional groups attached to an aromatic ring is 1. The summed E-state index contributed by atoms with van der Waals surface area (Å²) in [5.41, 5.74) is 6.73. The van der Waals surface area contributed by atoms with Crippen molar-refractivity contribution in [2.24, 2.45) is 0 Å². The van der Waals surface area contributed by atoms with Crippen molar-refractivity contribution in [3.05, 3.63) is 17.8 Å². The van der Waals surface area contributed by atoms with Crippen molar-refractivity contribution in [1.82, 2.24) is 4.98 Å². The molecule has 0 fully saturated rings. The van der Waals surface area contributed by atoms with Gasteiger partial charge in [-0.05, 0) is 19.9 Å². The molecule has 0 amide bonds. The van der Waals surface area contributed by atoms with Gasteiger partial charge in [-0.25, -0.2) is 4.98 Å². The molecule has 0 saturated carbocycles. The van der Waals surface area contributed by atoms with Crippen LogP contribution in [0.25, 0.3) is 0 Å². The number of rotatable bonds is 4. The average molecular weight is 220 g/mol. The number of nitriles is 1. The summed E-state index contributed by atoms with van der Waals surface area (Å²) in [5, 5.41) is 17.7. The van der Waals surface area contributed by atoms with Crippen molar-refractivity contribution >= 4 is 11.5 Å². The van der Waals surface area contributed by atoms with Crippen LogP contribution in [0.2, 0.25) is 0 Å². The molecule has 0 bridgehead atoms. The van der Waals surface area contributed by atoms with E-state index >= 15 is 0 Å². The van der Waals surface area contributed by atoms with Crippen LogP contribution in [0, 0.1) is 11.3 Å². The number of hydrogen-bond donors (Lipinski definition) is 2. The first-order valence-corrected chi connectivity index (χ1v) is 5.13. The van der Waals surface area contributed by atoms with Crippen molar-refractivity contribution in [2.75, 3.05) is 23.8 Å². The molecule has 1 aromatic rings. The van der Waals surface area contributed by atoms with E-state index in [4.69, 9.17) is 16.1 Å². The maximum atomic E-state index is 8.98. The maximum Gasteiger partial charge on any atom is 0.152 e. The van der Waals surface area contributed by atoms with Gasteiger partial charge in [-0.1, -0.05) is 0 Å². The van der Waals surface area contributed by atoms with E-state index in [0.717, 1.165) is 0 Å². The first-order chi connectivity index (χ1) is 7.60. The van der Waals surface area contributed by atoms with Gasteiger partial charge in [0.1, 0.15) is 6.07 Å². The van der Waals surface area contributed by atoms with Crippen molar-refractivity contribution in [3.63, 3.8) is 0 Å². The monoisotopic (exact) mass is 220 g/mol. The topological polar surface area (TPSA) is 86.2 Å². The molecule has 3 N–H and O–H groups in total. The Kier molecular flexibility index (Phi) is 4.09.